The van der Waals surface area contributed by atoms with Crippen LogP contribution in [-0.4, -0.2) is 33.8 Å². The van der Waals surface area contributed by atoms with Crippen molar-refractivity contribution in [2.45, 2.75) is 65.0 Å². The van der Waals surface area contributed by atoms with Gasteiger partial charge in [-0.25, -0.2) is 0 Å². The fourth-order valence-corrected chi connectivity index (χ4v) is 4.24. The van der Waals surface area contributed by atoms with Crippen LogP contribution in [0.1, 0.15) is 62.8 Å². The number of aryl methyl sites for hydroxylation is 2. The highest BCUT2D eigenvalue weighted by Gasteiger charge is 2.14. The zero-order valence-corrected chi connectivity index (χ0v) is 21.5. The standard InChI is InChI=1S/C25H34N6.HI/c1-3-26-25(28-19(2)21-15-14-20-10-6-7-11-22(20)18-21)27-16-9-13-24-30-29-23-12-5-4-8-17-31(23)24;/h6-7,10-11,14-15,18-19H,3-5,8-9,12-13,16-17H2,1-2H3,(H2,26,27,28);1H. The Balaban J connectivity index is 0.00000289. The smallest absolute Gasteiger partial charge is 0.191 e. The van der Waals surface area contributed by atoms with E-state index in [1.54, 1.807) is 0 Å². The number of halogens is 1. The average Bonchev–Trinajstić information content (AvgIpc) is 3.01. The minimum atomic E-state index is 0. The number of hydrogen-bond donors (Lipinski definition) is 2. The lowest BCUT2D eigenvalue weighted by Crippen LogP contribution is -2.38. The maximum Gasteiger partial charge on any atom is 0.191 e. The molecule has 0 fully saturated rings. The second-order valence-corrected chi connectivity index (χ2v) is 8.33. The molecule has 172 valence electrons. The summed E-state index contributed by atoms with van der Waals surface area (Å²) in [5, 5.41) is 18.3. The molecule has 0 aliphatic carbocycles. The zero-order chi connectivity index (χ0) is 21.5. The molecule has 6 nitrogen and oxygen atoms in total. The Morgan fingerprint density at radius 2 is 1.94 bits per heavy atom. The van der Waals surface area contributed by atoms with Crippen molar-refractivity contribution in [2.24, 2.45) is 4.99 Å². The minimum Gasteiger partial charge on any atom is -0.357 e. The lowest BCUT2D eigenvalue weighted by atomic mass is 10.0. The summed E-state index contributed by atoms with van der Waals surface area (Å²) in [4.78, 5) is 4.81. The molecule has 3 aromatic rings. The first-order valence-corrected chi connectivity index (χ1v) is 11.7. The van der Waals surface area contributed by atoms with Crippen molar-refractivity contribution in [3.63, 3.8) is 0 Å². The van der Waals surface area contributed by atoms with Gasteiger partial charge in [0.05, 0.1) is 6.04 Å². The van der Waals surface area contributed by atoms with Gasteiger partial charge in [0.15, 0.2) is 5.96 Å². The molecule has 1 aliphatic rings. The summed E-state index contributed by atoms with van der Waals surface area (Å²) >= 11 is 0. The first-order valence-electron chi connectivity index (χ1n) is 11.7. The molecule has 0 bridgehead atoms. The van der Waals surface area contributed by atoms with Crippen LogP contribution in [0.15, 0.2) is 47.5 Å². The van der Waals surface area contributed by atoms with Crippen molar-refractivity contribution < 1.29 is 0 Å². The summed E-state index contributed by atoms with van der Waals surface area (Å²) in [6, 6.07) is 15.3. The van der Waals surface area contributed by atoms with Crippen LogP contribution < -0.4 is 10.6 Å². The van der Waals surface area contributed by atoms with Crippen LogP contribution in [0.2, 0.25) is 0 Å². The van der Waals surface area contributed by atoms with Crippen LogP contribution in [-0.2, 0) is 19.4 Å². The summed E-state index contributed by atoms with van der Waals surface area (Å²) < 4.78 is 2.34. The lowest BCUT2D eigenvalue weighted by molar-refractivity contribution is 0.597. The number of nitrogens with zero attached hydrogens (tertiary/aromatic N) is 4. The first-order chi connectivity index (χ1) is 15.2. The third-order valence-electron chi connectivity index (χ3n) is 5.99. The average molecular weight is 547 g/mol. The summed E-state index contributed by atoms with van der Waals surface area (Å²) in [5.74, 6) is 3.15. The van der Waals surface area contributed by atoms with E-state index in [2.05, 4.69) is 81.7 Å². The van der Waals surface area contributed by atoms with E-state index in [9.17, 15) is 0 Å². The Labute approximate surface area is 208 Å². The number of aliphatic imine (C=N–C) groups is 1. The number of rotatable bonds is 7. The van der Waals surface area contributed by atoms with Crippen LogP contribution in [0.3, 0.4) is 0 Å². The van der Waals surface area contributed by atoms with Crippen molar-refractivity contribution in [1.82, 2.24) is 25.4 Å². The second-order valence-electron chi connectivity index (χ2n) is 8.33. The van der Waals surface area contributed by atoms with E-state index < -0.39 is 0 Å². The normalized spacial score (nSPS) is 14.9. The van der Waals surface area contributed by atoms with E-state index in [4.69, 9.17) is 4.99 Å². The molecule has 0 saturated heterocycles. The van der Waals surface area contributed by atoms with E-state index >= 15 is 0 Å². The van der Waals surface area contributed by atoms with Gasteiger partial charge in [-0.3, -0.25) is 4.99 Å². The fraction of sp³-hybridized carbons (Fsp3) is 0.480. The van der Waals surface area contributed by atoms with Gasteiger partial charge in [-0.15, -0.1) is 34.2 Å². The van der Waals surface area contributed by atoms with Crippen molar-refractivity contribution in [3.05, 3.63) is 59.7 Å². The Bertz CT molecular complexity index is 1030. The molecule has 2 aromatic carbocycles. The van der Waals surface area contributed by atoms with Gasteiger partial charge >= 0.3 is 0 Å². The van der Waals surface area contributed by atoms with Crippen LogP contribution >= 0.6 is 24.0 Å². The second kappa shape index (κ2) is 12.2. The Morgan fingerprint density at radius 3 is 2.78 bits per heavy atom. The van der Waals surface area contributed by atoms with E-state index in [-0.39, 0.29) is 30.0 Å². The zero-order valence-electron chi connectivity index (χ0n) is 19.2. The maximum atomic E-state index is 4.81. The van der Waals surface area contributed by atoms with E-state index in [0.717, 1.165) is 56.5 Å². The highest BCUT2D eigenvalue weighted by atomic mass is 127. The van der Waals surface area contributed by atoms with E-state index in [1.807, 2.05) is 0 Å². The number of benzene rings is 2. The number of hydrogen-bond acceptors (Lipinski definition) is 3. The number of aromatic nitrogens is 3. The van der Waals surface area contributed by atoms with Crippen molar-refractivity contribution in [2.75, 3.05) is 13.1 Å². The number of guanidine groups is 1. The Kier molecular flexibility index (Phi) is 9.32. The van der Waals surface area contributed by atoms with Crippen LogP contribution in [0, 0.1) is 0 Å². The SMILES string of the molecule is CCNC(=NCCCc1nnc2n1CCCCC2)NC(C)c1ccc2ccccc2c1.I. The van der Waals surface area contributed by atoms with Gasteiger partial charge in [-0.05, 0) is 55.5 Å². The predicted octanol–water partition coefficient (Wildman–Crippen LogP) is 5.02. The molecule has 2 N–H and O–H groups in total. The molecule has 0 amide bonds. The molecule has 1 unspecified atom stereocenters. The summed E-state index contributed by atoms with van der Waals surface area (Å²) in [7, 11) is 0. The molecule has 0 spiro atoms. The lowest BCUT2D eigenvalue weighted by Gasteiger charge is -2.18. The van der Waals surface area contributed by atoms with E-state index in [1.165, 1.54) is 35.6 Å². The van der Waals surface area contributed by atoms with Gasteiger partial charge < -0.3 is 15.2 Å². The van der Waals surface area contributed by atoms with Gasteiger partial charge in [0, 0.05) is 32.5 Å². The first kappa shape index (κ1) is 24.5. The molecule has 2 heterocycles. The number of fused-ring (bicyclic) bond motifs is 2. The van der Waals surface area contributed by atoms with Crippen LogP contribution in [0.4, 0.5) is 0 Å². The van der Waals surface area contributed by atoms with Gasteiger partial charge in [-0.1, -0.05) is 42.8 Å². The Hall–Kier alpha value is -2.16. The highest BCUT2D eigenvalue weighted by Crippen LogP contribution is 2.20. The Morgan fingerprint density at radius 1 is 1.09 bits per heavy atom. The topological polar surface area (TPSA) is 67.1 Å². The fourth-order valence-electron chi connectivity index (χ4n) is 4.24. The van der Waals surface area contributed by atoms with Crippen LogP contribution in [0.5, 0.6) is 0 Å². The molecule has 7 heteroatoms. The molecular weight excluding hydrogens is 511 g/mol. The van der Waals surface area contributed by atoms with Gasteiger partial charge in [0.25, 0.3) is 0 Å². The molecule has 1 atom stereocenters. The monoisotopic (exact) mass is 546 g/mol. The highest BCUT2D eigenvalue weighted by molar-refractivity contribution is 14.0. The molecule has 32 heavy (non-hydrogen) atoms. The molecular formula is C25H35IN6. The maximum absolute atomic E-state index is 4.81. The summed E-state index contributed by atoms with van der Waals surface area (Å²) in [6.45, 7) is 6.95. The molecule has 1 aliphatic heterocycles. The van der Waals surface area contributed by atoms with Crippen LogP contribution in [0.25, 0.3) is 10.8 Å². The summed E-state index contributed by atoms with van der Waals surface area (Å²) in [6.07, 6.45) is 6.72. The van der Waals surface area contributed by atoms with Crippen molar-refractivity contribution in [3.8, 4) is 0 Å². The van der Waals surface area contributed by atoms with Crippen molar-refractivity contribution >= 4 is 40.7 Å². The van der Waals surface area contributed by atoms with Gasteiger partial charge in [-0.2, -0.15) is 0 Å². The quantitative estimate of drug-likeness (QED) is 0.189. The predicted molar refractivity (Wildman–Crippen MR) is 143 cm³/mol. The van der Waals surface area contributed by atoms with Crippen molar-refractivity contribution in [1.29, 1.82) is 0 Å². The molecule has 0 saturated carbocycles. The minimum absolute atomic E-state index is 0. The van der Waals surface area contributed by atoms with Gasteiger partial charge in [0.2, 0.25) is 0 Å². The number of nitrogens with one attached hydrogen (secondary N) is 2. The van der Waals surface area contributed by atoms with Gasteiger partial charge in [0.1, 0.15) is 11.6 Å². The summed E-state index contributed by atoms with van der Waals surface area (Å²) in [5.41, 5.74) is 1.26. The third kappa shape index (κ3) is 6.21. The van der Waals surface area contributed by atoms with E-state index in [0.29, 0.717) is 0 Å². The molecule has 1 aromatic heterocycles. The third-order valence-corrected chi connectivity index (χ3v) is 5.99. The largest absolute Gasteiger partial charge is 0.357 e. The molecule has 4 rings (SSSR count). The molecule has 0 radical (unpaired) electrons.